The van der Waals surface area contributed by atoms with Gasteiger partial charge in [0.05, 0.1) is 22.7 Å². The van der Waals surface area contributed by atoms with Gasteiger partial charge in [-0.1, -0.05) is 123 Å². The minimum Gasteiger partial charge on any atom is -0.306 e. The molecule has 0 unspecified atom stereocenters. The minimum absolute atomic E-state index is 0.0817. The Kier molecular flexibility index (Phi) is 4.99. The monoisotopic (exact) mass is 550 g/mol. The van der Waals surface area contributed by atoms with Crippen LogP contribution in [0, 0.1) is 0 Å². The average Bonchev–Trinajstić information content (AvgIpc) is 3.30. The molecular formula is C41H30N2. The lowest BCUT2D eigenvalue weighted by atomic mass is 9.82. The standard InChI is InChI=1S/C41H30N2/c1-41(2)35-21-11-10-18-31(35)32-25-24-28(26-36(32)41)43-38-23-13-12-22-37(38)42(27-14-4-3-5-15-27)39-33-19-8-6-16-29(33)30-17-7-9-20-34(30)40(39)43/h3-26H,1-2H3. The number of hydrogen-bond acceptors (Lipinski definition) is 2. The third-order valence-corrected chi connectivity index (χ3v) is 9.53. The summed E-state index contributed by atoms with van der Waals surface area (Å²) in [6.07, 6.45) is 0. The number of rotatable bonds is 2. The lowest BCUT2D eigenvalue weighted by molar-refractivity contribution is 0.660. The van der Waals surface area contributed by atoms with Crippen LogP contribution in [0.1, 0.15) is 25.0 Å². The Balaban J connectivity index is 1.41. The summed E-state index contributed by atoms with van der Waals surface area (Å²) in [7, 11) is 0. The van der Waals surface area contributed by atoms with Crippen molar-refractivity contribution in [1.82, 2.24) is 0 Å². The molecule has 0 saturated carbocycles. The zero-order chi connectivity index (χ0) is 28.7. The van der Waals surface area contributed by atoms with Crippen molar-refractivity contribution in [2.24, 2.45) is 0 Å². The van der Waals surface area contributed by atoms with Gasteiger partial charge < -0.3 is 9.80 Å². The van der Waals surface area contributed by atoms with Gasteiger partial charge >= 0.3 is 0 Å². The molecule has 0 spiro atoms. The Bertz CT molecular complexity index is 2230. The van der Waals surface area contributed by atoms with E-state index >= 15 is 0 Å². The topological polar surface area (TPSA) is 6.48 Å². The molecule has 9 rings (SSSR count). The summed E-state index contributed by atoms with van der Waals surface area (Å²) in [5.41, 5.74) is 12.5. The van der Waals surface area contributed by atoms with E-state index in [4.69, 9.17) is 0 Å². The molecule has 0 saturated heterocycles. The van der Waals surface area contributed by atoms with Gasteiger partial charge in [-0.15, -0.1) is 0 Å². The molecule has 43 heavy (non-hydrogen) atoms. The maximum Gasteiger partial charge on any atom is 0.0788 e. The number of hydrogen-bond donors (Lipinski definition) is 0. The molecule has 1 aliphatic carbocycles. The number of para-hydroxylation sites is 3. The second-order valence-corrected chi connectivity index (χ2v) is 12.2. The van der Waals surface area contributed by atoms with Gasteiger partial charge in [0.1, 0.15) is 0 Å². The molecule has 0 fully saturated rings. The van der Waals surface area contributed by atoms with Crippen molar-refractivity contribution in [2.45, 2.75) is 19.3 Å². The van der Waals surface area contributed by atoms with Crippen LogP contribution in [0.25, 0.3) is 32.7 Å². The summed E-state index contributed by atoms with van der Waals surface area (Å²) in [6.45, 7) is 4.72. The van der Waals surface area contributed by atoms with E-state index in [1.54, 1.807) is 0 Å². The Morgan fingerprint density at radius 1 is 0.395 bits per heavy atom. The van der Waals surface area contributed by atoms with Crippen molar-refractivity contribution in [3.05, 3.63) is 157 Å². The Hall–Kier alpha value is -5.34. The third-order valence-electron chi connectivity index (χ3n) is 9.53. The van der Waals surface area contributed by atoms with Crippen LogP contribution in [0.4, 0.5) is 34.1 Å². The van der Waals surface area contributed by atoms with Gasteiger partial charge in [-0.3, -0.25) is 0 Å². The van der Waals surface area contributed by atoms with Crippen LogP contribution >= 0.6 is 0 Å². The average molecular weight is 551 g/mol. The summed E-state index contributed by atoms with van der Waals surface area (Å²) in [5.74, 6) is 0. The predicted molar refractivity (Wildman–Crippen MR) is 182 cm³/mol. The van der Waals surface area contributed by atoms with Crippen LogP contribution in [-0.4, -0.2) is 0 Å². The predicted octanol–water partition coefficient (Wildman–Crippen LogP) is 11.6. The number of fused-ring (bicyclic) bond motifs is 10. The third kappa shape index (κ3) is 3.29. The molecule has 204 valence electrons. The normalized spacial score (nSPS) is 14.4. The lowest BCUT2D eigenvalue weighted by Crippen LogP contribution is -2.25. The second-order valence-electron chi connectivity index (χ2n) is 12.2. The molecule has 0 atom stereocenters. The molecule has 7 aromatic rings. The van der Waals surface area contributed by atoms with Crippen molar-refractivity contribution in [3.8, 4) is 11.1 Å². The Morgan fingerprint density at radius 2 is 0.884 bits per heavy atom. The van der Waals surface area contributed by atoms with Crippen molar-refractivity contribution in [1.29, 1.82) is 0 Å². The quantitative estimate of drug-likeness (QED) is 0.198. The van der Waals surface area contributed by atoms with E-state index in [0.29, 0.717) is 0 Å². The fourth-order valence-corrected chi connectivity index (χ4v) is 7.58. The van der Waals surface area contributed by atoms with Gasteiger partial charge in [-0.25, -0.2) is 0 Å². The fraction of sp³-hybridized carbons (Fsp3) is 0.0732. The molecule has 0 radical (unpaired) electrons. The first kappa shape index (κ1) is 24.3. The highest BCUT2D eigenvalue weighted by molar-refractivity contribution is 6.25. The van der Waals surface area contributed by atoms with E-state index < -0.39 is 0 Å². The molecule has 1 heterocycles. The zero-order valence-corrected chi connectivity index (χ0v) is 24.3. The van der Waals surface area contributed by atoms with E-state index in [2.05, 4.69) is 169 Å². The molecule has 2 heteroatoms. The summed E-state index contributed by atoms with van der Waals surface area (Å²) in [5, 5.41) is 5.02. The first-order valence-corrected chi connectivity index (χ1v) is 15.0. The Morgan fingerprint density at radius 3 is 1.53 bits per heavy atom. The van der Waals surface area contributed by atoms with E-state index in [-0.39, 0.29) is 5.41 Å². The van der Waals surface area contributed by atoms with E-state index in [9.17, 15) is 0 Å². The fourth-order valence-electron chi connectivity index (χ4n) is 7.58. The molecule has 1 aliphatic heterocycles. The molecule has 7 aromatic carbocycles. The molecule has 0 N–H and O–H groups in total. The largest absolute Gasteiger partial charge is 0.306 e. The van der Waals surface area contributed by atoms with E-state index in [1.807, 2.05) is 0 Å². The van der Waals surface area contributed by atoms with Crippen LogP contribution in [0.3, 0.4) is 0 Å². The maximum absolute atomic E-state index is 2.51. The maximum atomic E-state index is 2.51. The molecule has 2 nitrogen and oxygen atoms in total. The van der Waals surface area contributed by atoms with Crippen molar-refractivity contribution < 1.29 is 0 Å². The van der Waals surface area contributed by atoms with Gasteiger partial charge in [0.25, 0.3) is 0 Å². The lowest BCUT2D eigenvalue weighted by Gasteiger charge is -2.42. The van der Waals surface area contributed by atoms with Crippen molar-refractivity contribution in [2.75, 3.05) is 9.80 Å². The van der Waals surface area contributed by atoms with Crippen molar-refractivity contribution in [3.63, 3.8) is 0 Å². The zero-order valence-electron chi connectivity index (χ0n) is 24.3. The van der Waals surface area contributed by atoms with Crippen LogP contribution < -0.4 is 9.80 Å². The number of anilines is 6. The van der Waals surface area contributed by atoms with Crippen LogP contribution in [0.2, 0.25) is 0 Å². The molecule has 0 amide bonds. The summed E-state index contributed by atoms with van der Waals surface area (Å²) in [6, 6.07) is 53.4. The van der Waals surface area contributed by atoms with Gasteiger partial charge in [0, 0.05) is 27.6 Å². The Labute approximate surface area is 252 Å². The van der Waals surface area contributed by atoms with Crippen LogP contribution in [0.5, 0.6) is 0 Å². The van der Waals surface area contributed by atoms with Crippen molar-refractivity contribution >= 4 is 55.7 Å². The molecular weight excluding hydrogens is 520 g/mol. The number of benzene rings is 7. The first-order chi connectivity index (χ1) is 21.1. The number of nitrogens with zero attached hydrogens (tertiary/aromatic N) is 2. The van der Waals surface area contributed by atoms with Crippen LogP contribution in [0.15, 0.2) is 146 Å². The second kappa shape index (κ2) is 8.83. The smallest absolute Gasteiger partial charge is 0.0788 e. The molecule has 2 aliphatic rings. The van der Waals surface area contributed by atoms with Crippen LogP contribution in [-0.2, 0) is 5.41 Å². The highest BCUT2D eigenvalue weighted by Gasteiger charge is 2.38. The van der Waals surface area contributed by atoms with Gasteiger partial charge in [-0.2, -0.15) is 0 Å². The highest BCUT2D eigenvalue weighted by atomic mass is 15.3. The summed E-state index contributed by atoms with van der Waals surface area (Å²) >= 11 is 0. The van der Waals surface area contributed by atoms with Gasteiger partial charge in [-0.05, 0) is 69.4 Å². The molecule has 0 aromatic heterocycles. The van der Waals surface area contributed by atoms with Gasteiger partial charge in [0.15, 0.2) is 0 Å². The van der Waals surface area contributed by atoms with Gasteiger partial charge in [0.2, 0.25) is 0 Å². The SMILES string of the molecule is CC1(C)c2ccccc2-c2ccc(N3c4ccccc4N(c4ccccc4)c4c3c3ccccc3c3ccccc43)cc21. The summed E-state index contributed by atoms with van der Waals surface area (Å²) in [4.78, 5) is 4.97. The molecule has 0 bridgehead atoms. The minimum atomic E-state index is -0.0817. The summed E-state index contributed by atoms with van der Waals surface area (Å²) < 4.78 is 0. The van der Waals surface area contributed by atoms with E-state index in [1.165, 1.54) is 72.2 Å². The highest BCUT2D eigenvalue weighted by Crippen LogP contribution is 2.60. The first-order valence-electron chi connectivity index (χ1n) is 15.0. The van der Waals surface area contributed by atoms with E-state index in [0.717, 1.165) is 5.69 Å².